The standard InChI is InChI=1S/C12H17BrN2O2S/c1-8-2-4-10(6-8)15-18(16,17)12-5-3-9(13)7-11(12)14/h3,5,7-8,10,15H,2,4,6,14H2,1H3. The van der Waals surface area contributed by atoms with E-state index in [2.05, 4.69) is 27.6 Å². The number of nitrogens with one attached hydrogen (secondary N) is 1. The molecule has 1 aliphatic rings. The molecule has 2 rings (SSSR count). The molecule has 1 aromatic rings. The summed E-state index contributed by atoms with van der Waals surface area (Å²) in [6.45, 7) is 2.14. The summed E-state index contributed by atoms with van der Waals surface area (Å²) in [5.74, 6) is 0.583. The van der Waals surface area contributed by atoms with Gasteiger partial charge in [0.15, 0.2) is 0 Å². The third-order valence-corrected chi connectivity index (χ3v) is 5.37. The fraction of sp³-hybridized carbons (Fsp3) is 0.500. The highest BCUT2D eigenvalue weighted by Crippen LogP contribution is 2.28. The van der Waals surface area contributed by atoms with Crippen molar-refractivity contribution < 1.29 is 8.42 Å². The molecule has 3 N–H and O–H groups in total. The average Bonchev–Trinajstić information content (AvgIpc) is 2.62. The van der Waals surface area contributed by atoms with Crippen LogP contribution in [0.4, 0.5) is 5.69 Å². The van der Waals surface area contributed by atoms with Crippen molar-refractivity contribution in [2.45, 2.75) is 37.1 Å². The molecule has 2 unspecified atom stereocenters. The molecule has 1 aromatic carbocycles. The van der Waals surface area contributed by atoms with Crippen LogP contribution < -0.4 is 10.5 Å². The molecule has 2 atom stereocenters. The molecular formula is C12H17BrN2O2S. The highest BCUT2D eigenvalue weighted by molar-refractivity contribution is 9.10. The van der Waals surface area contributed by atoms with Crippen LogP contribution in [0.2, 0.25) is 0 Å². The zero-order chi connectivity index (χ0) is 13.3. The second-order valence-corrected chi connectivity index (χ2v) is 7.52. The van der Waals surface area contributed by atoms with E-state index in [9.17, 15) is 8.42 Å². The SMILES string of the molecule is CC1CCC(NS(=O)(=O)c2ccc(Br)cc2N)C1. The van der Waals surface area contributed by atoms with Crippen molar-refractivity contribution in [2.75, 3.05) is 5.73 Å². The van der Waals surface area contributed by atoms with Gasteiger partial charge in [-0.1, -0.05) is 22.9 Å². The Morgan fingerprint density at radius 2 is 2.11 bits per heavy atom. The second-order valence-electron chi connectivity index (χ2n) is 4.92. The fourth-order valence-electron chi connectivity index (χ4n) is 2.36. The number of sulfonamides is 1. The van der Waals surface area contributed by atoms with Crippen molar-refractivity contribution in [3.8, 4) is 0 Å². The third-order valence-electron chi connectivity index (χ3n) is 3.28. The van der Waals surface area contributed by atoms with Crippen LogP contribution in [-0.2, 0) is 10.0 Å². The van der Waals surface area contributed by atoms with Gasteiger partial charge in [0.25, 0.3) is 0 Å². The van der Waals surface area contributed by atoms with Gasteiger partial charge in [-0.05, 0) is 43.4 Å². The summed E-state index contributed by atoms with van der Waals surface area (Å²) >= 11 is 3.26. The predicted octanol–water partition coefficient (Wildman–Crippen LogP) is 2.50. The van der Waals surface area contributed by atoms with Crippen LogP contribution in [0.3, 0.4) is 0 Å². The molecule has 1 aliphatic carbocycles. The first kappa shape index (κ1) is 13.8. The Kier molecular flexibility index (Phi) is 3.99. The molecule has 0 aromatic heterocycles. The third kappa shape index (κ3) is 3.05. The van der Waals surface area contributed by atoms with Crippen LogP contribution in [0.25, 0.3) is 0 Å². The molecule has 100 valence electrons. The number of hydrogen-bond donors (Lipinski definition) is 2. The first-order chi connectivity index (χ1) is 8.38. The van der Waals surface area contributed by atoms with E-state index in [1.807, 2.05) is 0 Å². The van der Waals surface area contributed by atoms with E-state index in [-0.39, 0.29) is 16.6 Å². The van der Waals surface area contributed by atoms with Gasteiger partial charge in [0.05, 0.1) is 5.69 Å². The minimum atomic E-state index is -3.51. The van der Waals surface area contributed by atoms with Crippen molar-refractivity contribution in [2.24, 2.45) is 5.92 Å². The van der Waals surface area contributed by atoms with Crippen LogP contribution in [0, 0.1) is 5.92 Å². The highest BCUT2D eigenvalue weighted by Gasteiger charge is 2.27. The maximum atomic E-state index is 12.2. The Morgan fingerprint density at radius 1 is 1.39 bits per heavy atom. The lowest BCUT2D eigenvalue weighted by Crippen LogP contribution is -2.33. The predicted molar refractivity (Wildman–Crippen MR) is 75.7 cm³/mol. The zero-order valence-corrected chi connectivity index (χ0v) is 12.6. The van der Waals surface area contributed by atoms with Crippen LogP contribution in [0.5, 0.6) is 0 Å². The minimum Gasteiger partial charge on any atom is -0.398 e. The Bertz CT molecular complexity index is 545. The molecule has 4 nitrogen and oxygen atoms in total. The molecule has 0 amide bonds. The van der Waals surface area contributed by atoms with Crippen molar-refractivity contribution >= 4 is 31.6 Å². The first-order valence-corrected chi connectivity index (χ1v) is 8.23. The molecule has 0 saturated heterocycles. The van der Waals surface area contributed by atoms with Gasteiger partial charge in [0, 0.05) is 10.5 Å². The smallest absolute Gasteiger partial charge is 0.242 e. The number of halogens is 1. The molecule has 0 aliphatic heterocycles. The lowest BCUT2D eigenvalue weighted by molar-refractivity contribution is 0.538. The van der Waals surface area contributed by atoms with Crippen LogP contribution in [0.1, 0.15) is 26.2 Å². The maximum Gasteiger partial charge on any atom is 0.242 e. The molecule has 0 bridgehead atoms. The van der Waals surface area contributed by atoms with Gasteiger partial charge in [-0.25, -0.2) is 13.1 Å². The monoisotopic (exact) mass is 332 g/mol. The van der Waals surface area contributed by atoms with Crippen molar-refractivity contribution in [1.82, 2.24) is 4.72 Å². The topological polar surface area (TPSA) is 72.2 Å². The summed E-state index contributed by atoms with van der Waals surface area (Å²) in [7, 11) is -3.51. The van der Waals surface area contributed by atoms with Crippen LogP contribution in [-0.4, -0.2) is 14.5 Å². The molecule has 0 radical (unpaired) electrons. The Morgan fingerprint density at radius 3 is 2.67 bits per heavy atom. The largest absolute Gasteiger partial charge is 0.398 e. The Balaban J connectivity index is 2.20. The summed E-state index contributed by atoms with van der Waals surface area (Å²) in [4.78, 5) is 0.158. The Labute approximate surface area is 116 Å². The van der Waals surface area contributed by atoms with Crippen molar-refractivity contribution in [1.29, 1.82) is 0 Å². The number of nitrogens with two attached hydrogens (primary N) is 1. The van der Waals surface area contributed by atoms with E-state index in [0.29, 0.717) is 5.92 Å². The number of benzene rings is 1. The van der Waals surface area contributed by atoms with E-state index in [1.165, 1.54) is 6.07 Å². The summed E-state index contributed by atoms with van der Waals surface area (Å²) in [5.41, 5.74) is 6.03. The number of anilines is 1. The van der Waals surface area contributed by atoms with Crippen LogP contribution in [0.15, 0.2) is 27.6 Å². The molecule has 6 heteroatoms. The van der Waals surface area contributed by atoms with Gasteiger partial charge < -0.3 is 5.73 Å². The summed E-state index contributed by atoms with van der Waals surface area (Å²) < 4.78 is 28.0. The minimum absolute atomic E-state index is 0.0352. The van der Waals surface area contributed by atoms with Gasteiger partial charge in [0.2, 0.25) is 10.0 Å². The van der Waals surface area contributed by atoms with Gasteiger partial charge >= 0.3 is 0 Å². The molecule has 18 heavy (non-hydrogen) atoms. The molecular weight excluding hydrogens is 316 g/mol. The van der Waals surface area contributed by atoms with E-state index < -0.39 is 10.0 Å². The normalized spacial score (nSPS) is 24.3. The molecule has 1 fully saturated rings. The van der Waals surface area contributed by atoms with E-state index in [0.717, 1.165) is 23.7 Å². The highest BCUT2D eigenvalue weighted by atomic mass is 79.9. The average molecular weight is 333 g/mol. The van der Waals surface area contributed by atoms with Crippen LogP contribution >= 0.6 is 15.9 Å². The maximum absolute atomic E-state index is 12.2. The molecule has 1 saturated carbocycles. The zero-order valence-electron chi connectivity index (χ0n) is 10.2. The Hall–Kier alpha value is -0.590. The van der Waals surface area contributed by atoms with E-state index >= 15 is 0 Å². The molecule has 0 spiro atoms. The molecule has 0 heterocycles. The van der Waals surface area contributed by atoms with Gasteiger partial charge in [-0.15, -0.1) is 0 Å². The van der Waals surface area contributed by atoms with Crippen molar-refractivity contribution in [3.05, 3.63) is 22.7 Å². The fourth-order valence-corrected chi connectivity index (χ4v) is 4.14. The van der Waals surface area contributed by atoms with Gasteiger partial charge in [-0.3, -0.25) is 0 Å². The number of hydrogen-bond acceptors (Lipinski definition) is 3. The van der Waals surface area contributed by atoms with Gasteiger partial charge in [-0.2, -0.15) is 0 Å². The van der Waals surface area contributed by atoms with Gasteiger partial charge in [0.1, 0.15) is 4.90 Å². The summed E-state index contributed by atoms with van der Waals surface area (Å²) in [6, 6.07) is 4.85. The lowest BCUT2D eigenvalue weighted by Gasteiger charge is -2.14. The van der Waals surface area contributed by atoms with E-state index in [1.54, 1.807) is 12.1 Å². The summed E-state index contributed by atoms with van der Waals surface area (Å²) in [6.07, 6.45) is 2.87. The first-order valence-electron chi connectivity index (χ1n) is 5.96. The van der Waals surface area contributed by atoms with E-state index in [4.69, 9.17) is 5.73 Å². The number of nitrogen functional groups attached to an aromatic ring is 1. The summed E-state index contributed by atoms with van der Waals surface area (Å²) in [5, 5.41) is 0. The lowest BCUT2D eigenvalue weighted by atomic mass is 10.1. The number of rotatable bonds is 3. The van der Waals surface area contributed by atoms with Crippen molar-refractivity contribution in [3.63, 3.8) is 0 Å². The quantitative estimate of drug-likeness (QED) is 0.835. The second kappa shape index (κ2) is 5.19.